The topological polar surface area (TPSA) is 62.6 Å². The summed E-state index contributed by atoms with van der Waals surface area (Å²) in [5, 5.41) is 9.85. The summed E-state index contributed by atoms with van der Waals surface area (Å²) in [6.07, 6.45) is 0.832. The molecule has 4 rings (SSSR count). The van der Waals surface area contributed by atoms with Gasteiger partial charge in [0.25, 0.3) is 0 Å². The van der Waals surface area contributed by atoms with Crippen LogP contribution in [0.5, 0.6) is 0 Å². The molecule has 1 unspecified atom stereocenters. The molecule has 1 atom stereocenters. The van der Waals surface area contributed by atoms with Crippen molar-refractivity contribution >= 4 is 30.1 Å². The SMILES string of the molecule is CC1c2cccc(B3OC(C)(C)C(C)(C)O3)c2CCN1C(=O)Cc1c(Cl)cccc1C#N. The van der Waals surface area contributed by atoms with Gasteiger partial charge < -0.3 is 14.2 Å². The van der Waals surface area contributed by atoms with Crippen LogP contribution in [0.2, 0.25) is 5.02 Å². The third-order valence-corrected chi connectivity index (χ3v) is 7.52. The van der Waals surface area contributed by atoms with Gasteiger partial charge in [-0.15, -0.1) is 0 Å². The number of carbonyl (C=O) groups excluding carboxylic acids is 1. The van der Waals surface area contributed by atoms with Crippen molar-refractivity contribution in [1.29, 1.82) is 5.26 Å². The number of carbonyl (C=O) groups is 1. The summed E-state index contributed by atoms with van der Waals surface area (Å²) in [6.45, 7) is 10.8. The predicted octanol–water partition coefficient (Wildman–Crippen LogP) is 4.20. The van der Waals surface area contributed by atoms with Crippen LogP contribution in [0.1, 0.15) is 62.9 Å². The van der Waals surface area contributed by atoms with Gasteiger partial charge in [0, 0.05) is 11.6 Å². The number of hydrogen-bond acceptors (Lipinski definition) is 4. The zero-order valence-electron chi connectivity index (χ0n) is 19.2. The van der Waals surface area contributed by atoms with Crippen LogP contribution < -0.4 is 5.46 Å². The molecule has 0 spiro atoms. The molecule has 1 saturated heterocycles. The van der Waals surface area contributed by atoms with Gasteiger partial charge in [-0.25, -0.2) is 0 Å². The summed E-state index contributed by atoms with van der Waals surface area (Å²) >= 11 is 6.30. The summed E-state index contributed by atoms with van der Waals surface area (Å²) in [5.74, 6) is -0.0335. The summed E-state index contributed by atoms with van der Waals surface area (Å²) in [4.78, 5) is 15.1. The van der Waals surface area contributed by atoms with Gasteiger partial charge in [0.05, 0.1) is 35.3 Å². The van der Waals surface area contributed by atoms with Crippen molar-refractivity contribution in [2.45, 2.75) is 64.7 Å². The third kappa shape index (κ3) is 3.83. The molecule has 1 fully saturated rings. The molecule has 0 N–H and O–H groups in total. The molecular formula is C25H28BClN2O3. The second kappa shape index (κ2) is 8.22. The lowest BCUT2D eigenvalue weighted by atomic mass is 9.72. The summed E-state index contributed by atoms with van der Waals surface area (Å²) in [5.41, 5.74) is 3.56. The molecule has 2 heterocycles. The molecule has 2 aromatic rings. The number of benzene rings is 2. The Morgan fingerprint density at radius 2 is 1.84 bits per heavy atom. The Labute approximate surface area is 195 Å². The number of halogens is 1. The second-order valence-electron chi connectivity index (χ2n) is 9.57. The molecule has 5 nitrogen and oxygen atoms in total. The Morgan fingerprint density at radius 1 is 1.19 bits per heavy atom. The van der Waals surface area contributed by atoms with Crippen molar-refractivity contribution in [1.82, 2.24) is 4.90 Å². The van der Waals surface area contributed by atoms with E-state index in [1.807, 2.05) is 17.9 Å². The van der Waals surface area contributed by atoms with E-state index >= 15 is 0 Å². The van der Waals surface area contributed by atoms with Crippen LogP contribution in [0, 0.1) is 11.3 Å². The zero-order valence-corrected chi connectivity index (χ0v) is 20.0. The Balaban J connectivity index is 1.59. The van der Waals surface area contributed by atoms with E-state index in [0.717, 1.165) is 17.4 Å². The van der Waals surface area contributed by atoms with Crippen molar-refractivity contribution in [3.8, 4) is 6.07 Å². The lowest BCUT2D eigenvalue weighted by Crippen LogP contribution is -2.44. The molecule has 0 radical (unpaired) electrons. The largest absolute Gasteiger partial charge is 0.495 e. The molecule has 1 amide bonds. The highest BCUT2D eigenvalue weighted by molar-refractivity contribution is 6.62. The molecule has 0 bridgehead atoms. The molecule has 32 heavy (non-hydrogen) atoms. The highest BCUT2D eigenvalue weighted by Gasteiger charge is 2.52. The standard InChI is InChI=1S/C25H28BClN2O3/c1-16-18-9-7-10-21(26-31-24(2,3)25(4,5)32-26)19(18)12-13-29(16)23(30)14-20-17(15-28)8-6-11-22(20)27/h6-11,16H,12-14H2,1-5H3. The Kier molecular flexibility index (Phi) is 5.87. The lowest BCUT2D eigenvalue weighted by molar-refractivity contribution is -0.133. The molecular weight excluding hydrogens is 423 g/mol. The molecule has 0 aliphatic carbocycles. The van der Waals surface area contributed by atoms with Crippen molar-refractivity contribution in [3.63, 3.8) is 0 Å². The molecule has 2 aliphatic rings. The first-order valence-electron chi connectivity index (χ1n) is 11.0. The van der Waals surface area contributed by atoms with Gasteiger partial charge in [0.2, 0.25) is 5.91 Å². The number of rotatable bonds is 3. The summed E-state index contributed by atoms with van der Waals surface area (Å²) in [6, 6.07) is 13.3. The average Bonchev–Trinajstić information content (AvgIpc) is 2.96. The fourth-order valence-corrected chi connectivity index (χ4v) is 4.77. The van der Waals surface area contributed by atoms with E-state index in [1.54, 1.807) is 18.2 Å². The Morgan fingerprint density at radius 3 is 2.50 bits per heavy atom. The van der Waals surface area contributed by atoms with E-state index < -0.39 is 18.3 Å². The maximum absolute atomic E-state index is 13.2. The minimum Gasteiger partial charge on any atom is -0.399 e. The number of nitriles is 1. The molecule has 0 aromatic heterocycles. The maximum atomic E-state index is 13.2. The molecule has 166 valence electrons. The highest BCUT2D eigenvalue weighted by Crippen LogP contribution is 2.38. The monoisotopic (exact) mass is 450 g/mol. The van der Waals surface area contributed by atoms with E-state index in [2.05, 4.69) is 45.9 Å². The third-order valence-electron chi connectivity index (χ3n) is 7.16. The molecule has 7 heteroatoms. The smallest absolute Gasteiger partial charge is 0.399 e. The average molecular weight is 451 g/mol. The van der Waals surface area contributed by atoms with Crippen molar-refractivity contribution in [2.75, 3.05) is 6.54 Å². The minimum absolute atomic E-state index is 0.0335. The van der Waals surface area contributed by atoms with Crippen LogP contribution in [0.4, 0.5) is 0 Å². The number of fused-ring (bicyclic) bond motifs is 1. The first kappa shape index (κ1) is 22.9. The van der Waals surface area contributed by atoms with Crippen LogP contribution in [-0.2, 0) is 26.9 Å². The Bertz CT molecular complexity index is 1090. The molecule has 2 aliphatic heterocycles. The van der Waals surface area contributed by atoms with Gasteiger partial charge in [0.15, 0.2) is 0 Å². The number of amides is 1. The van der Waals surface area contributed by atoms with Crippen LogP contribution in [0.15, 0.2) is 36.4 Å². The number of hydrogen-bond donors (Lipinski definition) is 0. The predicted molar refractivity (Wildman–Crippen MR) is 126 cm³/mol. The second-order valence-corrected chi connectivity index (χ2v) is 9.98. The van der Waals surface area contributed by atoms with E-state index in [4.69, 9.17) is 20.9 Å². The van der Waals surface area contributed by atoms with Crippen LogP contribution >= 0.6 is 11.6 Å². The van der Waals surface area contributed by atoms with Crippen molar-refractivity contribution in [2.24, 2.45) is 0 Å². The highest BCUT2D eigenvalue weighted by atomic mass is 35.5. The summed E-state index contributed by atoms with van der Waals surface area (Å²) in [7, 11) is -0.425. The van der Waals surface area contributed by atoms with Gasteiger partial charge in [-0.2, -0.15) is 5.26 Å². The van der Waals surface area contributed by atoms with Crippen LogP contribution in [0.3, 0.4) is 0 Å². The zero-order chi connectivity index (χ0) is 23.3. The number of nitrogens with zero attached hydrogens (tertiary/aromatic N) is 2. The normalized spacial score (nSPS) is 21.2. The fourth-order valence-electron chi connectivity index (χ4n) is 4.52. The minimum atomic E-state index is -0.425. The van der Waals surface area contributed by atoms with Crippen molar-refractivity contribution in [3.05, 3.63) is 63.7 Å². The maximum Gasteiger partial charge on any atom is 0.495 e. The first-order valence-corrected chi connectivity index (χ1v) is 11.4. The van der Waals surface area contributed by atoms with Gasteiger partial charge >= 0.3 is 7.12 Å². The van der Waals surface area contributed by atoms with Gasteiger partial charge in [-0.3, -0.25) is 4.79 Å². The van der Waals surface area contributed by atoms with Gasteiger partial charge in [-0.1, -0.05) is 35.9 Å². The van der Waals surface area contributed by atoms with Gasteiger partial charge in [-0.05, 0) is 75.3 Å². The molecule has 2 aromatic carbocycles. The van der Waals surface area contributed by atoms with E-state index in [1.165, 1.54) is 5.56 Å². The quantitative estimate of drug-likeness (QED) is 0.658. The Hall–Kier alpha value is -2.33. The van der Waals surface area contributed by atoms with Crippen LogP contribution in [-0.4, -0.2) is 35.7 Å². The fraction of sp³-hybridized carbons (Fsp3) is 0.440. The first-order chi connectivity index (χ1) is 15.1. The van der Waals surface area contributed by atoms with Crippen LogP contribution in [0.25, 0.3) is 0 Å². The molecule has 0 saturated carbocycles. The van der Waals surface area contributed by atoms with E-state index in [0.29, 0.717) is 22.7 Å². The lowest BCUT2D eigenvalue weighted by Gasteiger charge is -2.36. The van der Waals surface area contributed by atoms with E-state index in [-0.39, 0.29) is 18.4 Å². The van der Waals surface area contributed by atoms with Gasteiger partial charge in [0.1, 0.15) is 0 Å². The summed E-state index contributed by atoms with van der Waals surface area (Å²) < 4.78 is 12.6. The van der Waals surface area contributed by atoms with E-state index in [9.17, 15) is 10.1 Å². The van der Waals surface area contributed by atoms with Crippen molar-refractivity contribution < 1.29 is 14.1 Å².